The molecule has 0 fully saturated rings. The third-order valence-electron chi connectivity index (χ3n) is 2.85. The first-order valence-electron chi connectivity index (χ1n) is 4.99. The third kappa shape index (κ3) is 1.48. The average molecular weight is 200 g/mol. The van der Waals surface area contributed by atoms with E-state index in [1.165, 1.54) is 0 Å². The van der Waals surface area contributed by atoms with Crippen molar-refractivity contribution in [2.75, 3.05) is 11.9 Å². The molecule has 1 amide bonds. The van der Waals surface area contributed by atoms with Gasteiger partial charge in [-0.3, -0.25) is 4.79 Å². The van der Waals surface area contributed by atoms with E-state index in [4.69, 9.17) is 5.26 Å². The lowest BCUT2D eigenvalue weighted by Crippen LogP contribution is -2.23. The Morgan fingerprint density at radius 2 is 2.20 bits per heavy atom. The quantitative estimate of drug-likeness (QED) is 0.733. The normalized spacial score (nSPS) is 18.8. The monoisotopic (exact) mass is 200 g/mol. The molecule has 0 aliphatic carbocycles. The number of nitriles is 1. The third-order valence-corrected chi connectivity index (χ3v) is 2.85. The Labute approximate surface area is 88.9 Å². The van der Waals surface area contributed by atoms with E-state index in [0.717, 1.165) is 11.3 Å². The molecule has 0 saturated heterocycles. The predicted molar refractivity (Wildman–Crippen MR) is 57.4 cm³/mol. The Balaban J connectivity index is 2.34. The molecule has 0 aromatic heterocycles. The summed E-state index contributed by atoms with van der Waals surface area (Å²) >= 11 is 0. The van der Waals surface area contributed by atoms with E-state index in [-0.39, 0.29) is 11.8 Å². The molecule has 15 heavy (non-hydrogen) atoms. The lowest BCUT2D eigenvalue weighted by atomic mass is 9.96. The Kier molecular flexibility index (Phi) is 2.42. The van der Waals surface area contributed by atoms with Crippen molar-refractivity contribution < 1.29 is 4.79 Å². The zero-order valence-electron chi connectivity index (χ0n) is 8.60. The van der Waals surface area contributed by atoms with Gasteiger partial charge in [-0.2, -0.15) is 5.26 Å². The van der Waals surface area contributed by atoms with Gasteiger partial charge in [-0.05, 0) is 18.1 Å². The minimum absolute atomic E-state index is 0.103. The first kappa shape index (κ1) is 9.72. The van der Waals surface area contributed by atoms with Crippen molar-refractivity contribution in [2.24, 2.45) is 0 Å². The second-order valence-electron chi connectivity index (χ2n) is 3.71. The number of rotatable bonds is 2. The van der Waals surface area contributed by atoms with Crippen molar-refractivity contribution in [3.05, 3.63) is 29.8 Å². The van der Waals surface area contributed by atoms with Crippen molar-refractivity contribution in [3.8, 4) is 6.07 Å². The number of para-hydroxylation sites is 1. The highest BCUT2D eigenvalue weighted by Crippen LogP contribution is 2.38. The fourth-order valence-corrected chi connectivity index (χ4v) is 2.06. The van der Waals surface area contributed by atoms with Crippen LogP contribution in [0.15, 0.2) is 24.3 Å². The Bertz CT molecular complexity index is 433. The van der Waals surface area contributed by atoms with Crippen LogP contribution in [-0.4, -0.2) is 13.0 Å². The first-order valence-corrected chi connectivity index (χ1v) is 4.99. The maximum atomic E-state index is 11.9. The van der Waals surface area contributed by atoms with E-state index in [2.05, 4.69) is 6.07 Å². The Hall–Kier alpha value is -1.82. The molecule has 0 bridgehead atoms. The van der Waals surface area contributed by atoms with Gasteiger partial charge in [0.15, 0.2) is 0 Å². The van der Waals surface area contributed by atoms with Gasteiger partial charge in [0.05, 0.1) is 12.0 Å². The summed E-state index contributed by atoms with van der Waals surface area (Å²) in [6, 6.07) is 9.87. The summed E-state index contributed by atoms with van der Waals surface area (Å²) in [4.78, 5) is 13.6. The van der Waals surface area contributed by atoms with Crippen LogP contribution < -0.4 is 4.90 Å². The summed E-state index contributed by atoms with van der Waals surface area (Å²) in [6.07, 6.45) is 1.05. The molecule has 1 atom stereocenters. The summed E-state index contributed by atoms with van der Waals surface area (Å²) in [5, 5.41) is 8.55. The predicted octanol–water partition coefficient (Wildman–Crippen LogP) is 2.05. The van der Waals surface area contributed by atoms with E-state index in [0.29, 0.717) is 12.8 Å². The first-order chi connectivity index (χ1) is 7.25. The fraction of sp³-hybridized carbons (Fsp3) is 0.333. The van der Waals surface area contributed by atoms with Crippen LogP contribution in [0.1, 0.15) is 24.3 Å². The van der Waals surface area contributed by atoms with Crippen LogP contribution in [0.5, 0.6) is 0 Å². The van der Waals surface area contributed by atoms with Gasteiger partial charge in [0.2, 0.25) is 5.91 Å². The van der Waals surface area contributed by atoms with Gasteiger partial charge >= 0.3 is 0 Å². The molecule has 0 radical (unpaired) electrons. The van der Waals surface area contributed by atoms with Crippen LogP contribution in [0, 0.1) is 11.3 Å². The van der Waals surface area contributed by atoms with Gasteiger partial charge in [0.25, 0.3) is 0 Å². The molecule has 1 aromatic carbocycles. The maximum Gasteiger partial charge on any atom is 0.234 e. The summed E-state index contributed by atoms with van der Waals surface area (Å²) in [7, 11) is 1.79. The van der Waals surface area contributed by atoms with Crippen LogP contribution in [0.25, 0.3) is 0 Å². The number of likely N-dealkylation sites (N-methyl/N-ethyl adjacent to an activating group) is 1. The molecule has 76 valence electrons. The molecule has 0 saturated carbocycles. The number of amides is 1. The molecule has 2 rings (SSSR count). The zero-order valence-corrected chi connectivity index (χ0v) is 8.60. The van der Waals surface area contributed by atoms with Crippen LogP contribution in [0.4, 0.5) is 5.69 Å². The van der Waals surface area contributed by atoms with Gasteiger partial charge in [0.1, 0.15) is 0 Å². The van der Waals surface area contributed by atoms with Crippen molar-refractivity contribution in [2.45, 2.75) is 18.8 Å². The number of hydrogen-bond donors (Lipinski definition) is 0. The molecule has 3 heteroatoms. The molecule has 1 unspecified atom stereocenters. The molecule has 1 heterocycles. The van der Waals surface area contributed by atoms with Crippen molar-refractivity contribution in [3.63, 3.8) is 0 Å². The number of carbonyl (C=O) groups is 1. The van der Waals surface area contributed by atoms with Crippen molar-refractivity contribution in [1.29, 1.82) is 5.26 Å². The molecular formula is C12H12N2O. The number of fused-ring (bicyclic) bond motifs is 1. The van der Waals surface area contributed by atoms with Crippen LogP contribution in [0.3, 0.4) is 0 Å². The zero-order chi connectivity index (χ0) is 10.8. The van der Waals surface area contributed by atoms with Crippen molar-refractivity contribution in [1.82, 2.24) is 0 Å². The maximum absolute atomic E-state index is 11.9. The number of benzene rings is 1. The lowest BCUT2D eigenvalue weighted by molar-refractivity contribution is -0.119. The second-order valence-corrected chi connectivity index (χ2v) is 3.71. The molecule has 1 aliphatic heterocycles. The van der Waals surface area contributed by atoms with Crippen LogP contribution >= 0.6 is 0 Å². The molecule has 1 aromatic rings. The molecular weight excluding hydrogens is 188 g/mol. The highest BCUT2D eigenvalue weighted by atomic mass is 16.2. The van der Waals surface area contributed by atoms with Gasteiger partial charge in [0, 0.05) is 19.2 Å². The van der Waals surface area contributed by atoms with E-state index in [1.54, 1.807) is 11.9 Å². The highest BCUT2D eigenvalue weighted by Gasteiger charge is 2.33. The highest BCUT2D eigenvalue weighted by molar-refractivity contribution is 6.04. The van der Waals surface area contributed by atoms with E-state index in [9.17, 15) is 4.79 Å². The molecule has 0 N–H and O–H groups in total. The number of carbonyl (C=O) groups excluding carboxylic acids is 1. The smallest absolute Gasteiger partial charge is 0.234 e. The van der Waals surface area contributed by atoms with E-state index < -0.39 is 0 Å². The van der Waals surface area contributed by atoms with Gasteiger partial charge < -0.3 is 4.90 Å². The fourth-order valence-electron chi connectivity index (χ4n) is 2.06. The second kappa shape index (κ2) is 3.74. The van der Waals surface area contributed by atoms with Gasteiger partial charge in [-0.25, -0.2) is 0 Å². The topological polar surface area (TPSA) is 44.1 Å². The molecule has 3 nitrogen and oxygen atoms in total. The lowest BCUT2D eigenvalue weighted by Gasteiger charge is -2.09. The molecule has 0 spiro atoms. The summed E-state index contributed by atoms with van der Waals surface area (Å²) in [5.74, 6) is -0.0164. The Morgan fingerprint density at radius 3 is 2.93 bits per heavy atom. The summed E-state index contributed by atoms with van der Waals surface area (Å²) in [5.41, 5.74) is 2.03. The number of hydrogen-bond acceptors (Lipinski definition) is 2. The largest absolute Gasteiger partial charge is 0.315 e. The number of anilines is 1. The van der Waals surface area contributed by atoms with Gasteiger partial charge in [-0.1, -0.05) is 18.2 Å². The van der Waals surface area contributed by atoms with Crippen LogP contribution in [-0.2, 0) is 4.79 Å². The van der Waals surface area contributed by atoms with Crippen molar-refractivity contribution >= 4 is 11.6 Å². The summed E-state index contributed by atoms with van der Waals surface area (Å²) in [6.45, 7) is 0. The van der Waals surface area contributed by atoms with E-state index in [1.807, 2.05) is 24.3 Å². The SMILES string of the molecule is CN1C(=O)C(CCC#N)c2ccccc21. The Morgan fingerprint density at radius 1 is 1.47 bits per heavy atom. The number of nitrogens with zero attached hydrogens (tertiary/aromatic N) is 2. The standard InChI is InChI=1S/C12H12N2O/c1-14-11-7-3-2-5-9(11)10(12(14)15)6-4-8-13/h2-3,5,7,10H,4,6H2,1H3. The summed E-state index contributed by atoms with van der Waals surface area (Å²) < 4.78 is 0. The van der Waals surface area contributed by atoms with Gasteiger partial charge in [-0.15, -0.1) is 0 Å². The molecule has 1 aliphatic rings. The average Bonchev–Trinajstić information content (AvgIpc) is 2.51. The minimum Gasteiger partial charge on any atom is -0.315 e. The van der Waals surface area contributed by atoms with E-state index >= 15 is 0 Å². The van der Waals surface area contributed by atoms with Crippen LogP contribution in [0.2, 0.25) is 0 Å². The minimum atomic E-state index is -0.120.